The molecule has 2 aliphatic heterocycles. The summed E-state index contributed by atoms with van der Waals surface area (Å²) in [6, 6.07) is 5.38. The fourth-order valence-electron chi connectivity index (χ4n) is 6.46. The van der Waals surface area contributed by atoms with Gasteiger partial charge in [0, 0.05) is 47.8 Å². The monoisotopic (exact) mass is 528 g/mol. The highest BCUT2D eigenvalue weighted by Gasteiger charge is 2.46. The van der Waals surface area contributed by atoms with E-state index < -0.39 is 0 Å². The van der Waals surface area contributed by atoms with Crippen LogP contribution >= 0.6 is 0 Å². The fraction of sp³-hybridized carbons (Fsp3) is 0.750. The van der Waals surface area contributed by atoms with Crippen LogP contribution in [0.3, 0.4) is 0 Å². The summed E-state index contributed by atoms with van der Waals surface area (Å²) in [5.41, 5.74) is 1.10. The minimum atomic E-state index is -0.382. The van der Waals surface area contributed by atoms with Crippen LogP contribution in [0.5, 0.6) is 0 Å². The van der Waals surface area contributed by atoms with Gasteiger partial charge in [-0.15, -0.1) is 0 Å². The Bertz CT molecular complexity index is 953. The summed E-state index contributed by atoms with van der Waals surface area (Å²) in [7, 11) is 4.27. The summed E-state index contributed by atoms with van der Waals surface area (Å²) in [4.78, 5) is 31.7. The van der Waals surface area contributed by atoms with Crippen molar-refractivity contribution in [2.45, 2.75) is 142 Å². The average molecular weight is 529 g/mol. The van der Waals surface area contributed by atoms with E-state index in [-0.39, 0.29) is 51.7 Å². The van der Waals surface area contributed by atoms with Gasteiger partial charge in [0.15, 0.2) is 0 Å². The van der Waals surface area contributed by atoms with Gasteiger partial charge in [0.25, 0.3) is 0 Å². The van der Waals surface area contributed by atoms with Gasteiger partial charge in [-0.2, -0.15) is 0 Å². The van der Waals surface area contributed by atoms with Gasteiger partial charge in [-0.05, 0) is 98.7 Å². The van der Waals surface area contributed by atoms with Gasteiger partial charge in [0.1, 0.15) is 12.2 Å². The molecule has 0 spiro atoms. The van der Waals surface area contributed by atoms with Gasteiger partial charge in [0.05, 0.1) is 11.1 Å². The van der Waals surface area contributed by atoms with E-state index in [4.69, 9.17) is 9.47 Å². The minimum Gasteiger partial charge on any atom is -0.459 e. The second kappa shape index (κ2) is 9.92. The van der Waals surface area contributed by atoms with E-state index in [0.29, 0.717) is 11.1 Å². The molecule has 0 bridgehead atoms. The Kier molecular flexibility index (Phi) is 8.00. The first-order valence-corrected chi connectivity index (χ1v) is 14.1. The van der Waals surface area contributed by atoms with Gasteiger partial charge < -0.3 is 9.47 Å². The summed E-state index contributed by atoms with van der Waals surface area (Å²) in [5, 5.41) is 0. The van der Waals surface area contributed by atoms with Crippen LogP contribution < -0.4 is 0 Å². The molecule has 2 heterocycles. The average Bonchev–Trinajstić information content (AvgIpc) is 2.74. The lowest BCUT2D eigenvalue weighted by Crippen LogP contribution is -2.60. The molecule has 2 saturated heterocycles. The molecule has 0 radical (unpaired) electrons. The van der Waals surface area contributed by atoms with Crippen molar-refractivity contribution in [2.24, 2.45) is 0 Å². The van der Waals surface area contributed by atoms with Gasteiger partial charge >= 0.3 is 11.9 Å². The molecule has 214 valence electrons. The maximum absolute atomic E-state index is 13.5. The molecule has 2 aliphatic rings. The van der Waals surface area contributed by atoms with E-state index in [1.165, 1.54) is 0 Å². The van der Waals surface area contributed by atoms with Crippen LogP contribution in [0.25, 0.3) is 0 Å². The van der Waals surface area contributed by atoms with Crippen molar-refractivity contribution < 1.29 is 19.1 Å². The Hall–Kier alpha value is -1.92. The standard InChI is InChI=1S/C32H52N2O4/c1-28(2,3)23-15-21(26(35)37-24-17-29(4,5)33(12)30(6,7)18-24)14-22(16-23)27(36)38-25-19-31(8,9)34(13)32(10,11)20-25/h14-16,24-25H,17-20H2,1-13H3. The molecule has 6 heteroatoms. The normalized spacial score (nSPS) is 24.1. The highest BCUT2D eigenvalue weighted by Crippen LogP contribution is 2.40. The SMILES string of the molecule is CN1C(C)(C)CC(OC(=O)c2cc(C(=O)OC3CC(C)(C)N(C)C(C)(C)C3)cc(C(C)(C)C)c2)CC1(C)C. The Morgan fingerprint density at radius 1 is 0.658 bits per heavy atom. The predicted molar refractivity (Wildman–Crippen MR) is 154 cm³/mol. The van der Waals surface area contributed by atoms with Crippen molar-refractivity contribution in [2.75, 3.05) is 14.1 Å². The molecular weight excluding hydrogens is 476 g/mol. The zero-order chi connectivity index (χ0) is 29.1. The molecule has 0 amide bonds. The highest BCUT2D eigenvalue weighted by atomic mass is 16.5. The number of carbonyl (C=O) groups is 2. The molecule has 0 atom stereocenters. The van der Waals surface area contributed by atoms with Crippen LogP contribution in [0.15, 0.2) is 18.2 Å². The first-order chi connectivity index (χ1) is 17.0. The summed E-state index contributed by atoms with van der Waals surface area (Å²) in [6.07, 6.45) is 2.65. The number of carbonyl (C=O) groups excluding carboxylic acids is 2. The molecule has 1 aromatic rings. The second-order valence-electron chi connectivity index (χ2n) is 15.3. The number of benzene rings is 1. The summed E-state index contributed by atoms with van der Waals surface area (Å²) in [6.45, 7) is 23.8. The molecule has 0 N–H and O–H groups in total. The largest absolute Gasteiger partial charge is 0.459 e. The van der Waals surface area contributed by atoms with Crippen molar-refractivity contribution in [1.82, 2.24) is 9.80 Å². The molecule has 3 rings (SSSR count). The van der Waals surface area contributed by atoms with Crippen molar-refractivity contribution in [3.63, 3.8) is 0 Å². The van der Waals surface area contributed by atoms with Gasteiger partial charge in [0.2, 0.25) is 0 Å². The third kappa shape index (κ3) is 6.44. The number of ether oxygens (including phenoxy) is 2. The van der Waals surface area contributed by atoms with Crippen molar-refractivity contribution in [3.8, 4) is 0 Å². The number of hydrogen-bond acceptors (Lipinski definition) is 6. The molecule has 0 aromatic heterocycles. The van der Waals surface area contributed by atoms with E-state index in [9.17, 15) is 9.59 Å². The Morgan fingerprint density at radius 2 is 0.947 bits per heavy atom. The van der Waals surface area contributed by atoms with Crippen LogP contribution in [0.1, 0.15) is 128 Å². The summed E-state index contributed by atoms with van der Waals surface area (Å²) in [5.74, 6) is -0.763. The molecule has 0 saturated carbocycles. The molecule has 6 nitrogen and oxygen atoms in total. The predicted octanol–water partition coefficient (Wildman–Crippen LogP) is 6.60. The number of esters is 2. The minimum absolute atomic E-state index is 0.0927. The van der Waals surface area contributed by atoms with Gasteiger partial charge in [-0.25, -0.2) is 9.59 Å². The van der Waals surface area contributed by atoms with Crippen LogP contribution in [0.4, 0.5) is 0 Å². The first kappa shape index (κ1) is 30.6. The van der Waals surface area contributed by atoms with E-state index in [1.807, 2.05) is 12.1 Å². The van der Waals surface area contributed by atoms with Gasteiger partial charge in [-0.1, -0.05) is 20.8 Å². The quantitative estimate of drug-likeness (QED) is 0.410. The number of piperidine rings is 2. The van der Waals surface area contributed by atoms with Crippen LogP contribution in [0, 0.1) is 0 Å². The number of likely N-dealkylation sites (tertiary alicyclic amines) is 2. The number of rotatable bonds is 4. The number of nitrogens with zero attached hydrogens (tertiary/aromatic N) is 2. The molecule has 2 fully saturated rings. The van der Waals surface area contributed by atoms with Crippen LogP contribution in [-0.4, -0.2) is 70.2 Å². The first-order valence-electron chi connectivity index (χ1n) is 14.1. The molecule has 1 aromatic carbocycles. The van der Waals surface area contributed by atoms with Crippen molar-refractivity contribution >= 4 is 11.9 Å². The summed E-state index contributed by atoms with van der Waals surface area (Å²) < 4.78 is 12.2. The van der Waals surface area contributed by atoms with E-state index in [2.05, 4.69) is 100 Å². The van der Waals surface area contributed by atoms with Crippen LogP contribution in [0.2, 0.25) is 0 Å². The highest BCUT2D eigenvalue weighted by molar-refractivity contribution is 5.96. The lowest BCUT2D eigenvalue weighted by molar-refractivity contribution is -0.0736. The smallest absolute Gasteiger partial charge is 0.338 e. The molecule has 38 heavy (non-hydrogen) atoms. The Labute approximate surface area is 231 Å². The zero-order valence-corrected chi connectivity index (χ0v) is 26.2. The van der Waals surface area contributed by atoms with E-state index in [1.54, 1.807) is 6.07 Å². The molecule has 0 aliphatic carbocycles. The molecular formula is C32H52N2O4. The fourth-order valence-corrected chi connectivity index (χ4v) is 6.46. The van der Waals surface area contributed by atoms with E-state index >= 15 is 0 Å². The second-order valence-corrected chi connectivity index (χ2v) is 15.3. The zero-order valence-electron chi connectivity index (χ0n) is 26.2. The third-order valence-electron chi connectivity index (χ3n) is 9.36. The van der Waals surface area contributed by atoms with E-state index in [0.717, 1.165) is 31.2 Å². The Balaban J connectivity index is 1.86. The third-order valence-corrected chi connectivity index (χ3v) is 9.36. The van der Waals surface area contributed by atoms with Crippen LogP contribution in [-0.2, 0) is 14.9 Å². The van der Waals surface area contributed by atoms with Gasteiger partial charge in [-0.3, -0.25) is 9.80 Å². The van der Waals surface area contributed by atoms with Crippen molar-refractivity contribution in [3.05, 3.63) is 34.9 Å². The van der Waals surface area contributed by atoms with Crippen molar-refractivity contribution in [1.29, 1.82) is 0 Å². The maximum atomic E-state index is 13.5. The molecule has 0 unspecified atom stereocenters. The summed E-state index contributed by atoms with van der Waals surface area (Å²) >= 11 is 0. The lowest BCUT2D eigenvalue weighted by Gasteiger charge is -2.53. The topological polar surface area (TPSA) is 59.1 Å². The Morgan fingerprint density at radius 3 is 1.21 bits per heavy atom. The number of hydrogen-bond donors (Lipinski definition) is 0. The maximum Gasteiger partial charge on any atom is 0.338 e. The lowest BCUT2D eigenvalue weighted by atomic mass is 9.78.